The van der Waals surface area contributed by atoms with Crippen molar-refractivity contribution in [1.82, 2.24) is 40.8 Å². The van der Waals surface area contributed by atoms with E-state index in [9.17, 15) is 29.2 Å². The number of halogens is 1. The molecule has 305 valence electrons. The Morgan fingerprint density at radius 1 is 0.983 bits per heavy atom. The molecule has 2 aromatic heterocycles. The number of rotatable bonds is 15. The minimum atomic E-state index is -0.997. The predicted octanol–water partition coefficient (Wildman–Crippen LogP) is 2.60. The lowest BCUT2D eigenvalue weighted by Gasteiger charge is -2.32. The van der Waals surface area contributed by atoms with Crippen LogP contribution in [0.2, 0.25) is 13.6 Å². The van der Waals surface area contributed by atoms with Crippen molar-refractivity contribution in [2.45, 2.75) is 93.3 Å². The number of carbonyl (C=O) groups is 4. The van der Waals surface area contributed by atoms with E-state index >= 15 is 0 Å². The molecule has 0 saturated carbocycles. The van der Waals surface area contributed by atoms with Crippen molar-refractivity contribution in [2.75, 3.05) is 20.1 Å². The Morgan fingerprint density at radius 2 is 1.78 bits per heavy atom. The van der Waals surface area contributed by atoms with Gasteiger partial charge < -0.3 is 50.6 Å². The van der Waals surface area contributed by atoms with Gasteiger partial charge in [-0.1, -0.05) is 58.0 Å². The van der Waals surface area contributed by atoms with Crippen LogP contribution in [0.3, 0.4) is 0 Å². The topological polar surface area (TPSA) is 190 Å². The fourth-order valence-corrected chi connectivity index (χ4v) is 8.71. The molecule has 58 heavy (non-hydrogen) atoms. The number of amides is 3. The first-order valence-electron chi connectivity index (χ1n) is 19.6. The number of fused-ring (bicyclic) bond motifs is 3. The second-order valence-electron chi connectivity index (χ2n) is 14.4. The second kappa shape index (κ2) is 22.4. The monoisotopic (exact) mass is 871 g/mol. The Morgan fingerprint density at radius 3 is 2.55 bits per heavy atom. The lowest BCUT2D eigenvalue weighted by Crippen LogP contribution is -2.57. The lowest BCUT2D eigenvalue weighted by atomic mass is 9.88. The van der Waals surface area contributed by atoms with Gasteiger partial charge in [-0.25, -0.2) is 4.98 Å². The Balaban J connectivity index is 1.55. The van der Waals surface area contributed by atoms with Gasteiger partial charge in [0.05, 0.1) is 12.2 Å². The standard InChI is InChI=1S/C39H51B3BrN8O6S/c1-41(56)48-20-7-6-14-32-39(55)50(3)34(21-27-24-51(42(2)57)33-16-5-4-12-28(27)33)37(54)46-23-29-30(43)13-8-17-35(29)58-38-26(11-9-18-44-38)22-45-31(36(53)49-32)15-10-19-47-40-25-52/h4-5,8-9,11-13,16-18,24-25,31-32,34,45,47-48,56-57H,6-7,10,14-15,19-23H2,1-3H3,(H,46,54)(H,49,53)/t31-,32-,34-/m0/s1. The highest BCUT2D eigenvalue weighted by atomic mass is 79.9. The zero-order valence-electron chi connectivity index (χ0n) is 33.1. The summed E-state index contributed by atoms with van der Waals surface area (Å²) in [5.41, 5.74) is 3.28. The van der Waals surface area contributed by atoms with Crippen molar-refractivity contribution in [1.29, 1.82) is 0 Å². The minimum Gasteiger partial charge on any atom is -0.437 e. The highest BCUT2D eigenvalue weighted by molar-refractivity contribution is 9.10. The van der Waals surface area contributed by atoms with Crippen molar-refractivity contribution in [2.24, 2.45) is 0 Å². The SMILES string of the molecule is CB(O)NCCCC[C@@H]1NC(=O)[C@H](CCCN[B]C=O)NCc2cccnc2Sc2cccc(Br)c2CNC(=O)[C@H](Cc2cn(B(C)O)c3ccccc23)N(C)C1=O. The van der Waals surface area contributed by atoms with Crippen LogP contribution in [0.15, 0.2) is 81.4 Å². The number of nitrogens with one attached hydrogen (secondary N) is 5. The molecule has 1 aliphatic heterocycles. The van der Waals surface area contributed by atoms with E-state index in [1.54, 1.807) is 31.4 Å². The van der Waals surface area contributed by atoms with Crippen LogP contribution in [0, 0.1) is 0 Å². The first-order valence-corrected chi connectivity index (χ1v) is 21.2. The first kappa shape index (κ1) is 45.1. The summed E-state index contributed by atoms with van der Waals surface area (Å²) in [5, 5.41) is 37.4. The van der Waals surface area contributed by atoms with E-state index in [2.05, 4.69) is 42.3 Å². The van der Waals surface area contributed by atoms with Gasteiger partial charge in [0, 0.05) is 53.0 Å². The van der Waals surface area contributed by atoms with E-state index < -0.39 is 38.1 Å². The molecule has 19 heteroatoms. The molecule has 0 aliphatic carbocycles. The molecule has 0 bridgehead atoms. The summed E-state index contributed by atoms with van der Waals surface area (Å²) < 4.78 is 2.54. The van der Waals surface area contributed by atoms with Gasteiger partial charge in [0.1, 0.15) is 17.1 Å². The fourth-order valence-electron chi connectivity index (χ4n) is 7.03. The van der Waals surface area contributed by atoms with Gasteiger partial charge in [-0.3, -0.25) is 14.4 Å². The molecule has 0 spiro atoms. The summed E-state index contributed by atoms with van der Waals surface area (Å²) in [5.74, 6) is -1.18. The van der Waals surface area contributed by atoms with E-state index in [1.807, 2.05) is 60.8 Å². The van der Waals surface area contributed by atoms with Crippen molar-refractivity contribution < 1.29 is 29.2 Å². The molecule has 3 heterocycles. The Kier molecular flexibility index (Phi) is 17.4. The summed E-state index contributed by atoms with van der Waals surface area (Å²) in [4.78, 5) is 61.4. The number of aromatic nitrogens is 2. The predicted molar refractivity (Wildman–Crippen MR) is 234 cm³/mol. The lowest BCUT2D eigenvalue weighted by molar-refractivity contribution is -0.142. The molecule has 5 rings (SSSR count). The average molecular weight is 872 g/mol. The van der Waals surface area contributed by atoms with Crippen LogP contribution >= 0.6 is 27.7 Å². The maximum Gasteiger partial charge on any atom is 0.413 e. The number of para-hydroxylation sites is 1. The van der Waals surface area contributed by atoms with Crippen LogP contribution in [-0.2, 0) is 38.7 Å². The van der Waals surface area contributed by atoms with Gasteiger partial charge >= 0.3 is 14.1 Å². The van der Waals surface area contributed by atoms with Crippen LogP contribution in [0.25, 0.3) is 10.9 Å². The van der Waals surface area contributed by atoms with Crippen LogP contribution in [0.1, 0.15) is 48.8 Å². The molecule has 0 unspecified atom stereocenters. The molecule has 7 N–H and O–H groups in total. The van der Waals surface area contributed by atoms with Crippen molar-refractivity contribution in [3.8, 4) is 0 Å². The average Bonchev–Trinajstić information content (AvgIpc) is 3.58. The van der Waals surface area contributed by atoms with Gasteiger partial charge in [0.25, 0.3) is 7.41 Å². The molecule has 0 saturated heterocycles. The summed E-state index contributed by atoms with van der Waals surface area (Å²) >= 11 is 5.16. The van der Waals surface area contributed by atoms with Gasteiger partial charge in [-0.15, -0.1) is 0 Å². The van der Waals surface area contributed by atoms with Crippen molar-refractivity contribution >= 4 is 84.0 Å². The van der Waals surface area contributed by atoms with Crippen LogP contribution in [0.4, 0.5) is 0 Å². The van der Waals surface area contributed by atoms with Gasteiger partial charge in [-0.05, 0) is 106 Å². The van der Waals surface area contributed by atoms with E-state index in [4.69, 9.17) is 4.98 Å². The highest BCUT2D eigenvalue weighted by Gasteiger charge is 2.34. The van der Waals surface area contributed by atoms with E-state index in [-0.39, 0.29) is 24.8 Å². The normalized spacial score (nSPS) is 18.1. The number of likely N-dealkylation sites (N-methyl/N-ethyl adjacent to an activating group) is 1. The van der Waals surface area contributed by atoms with E-state index in [1.165, 1.54) is 24.1 Å². The summed E-state index contributed by atoms with van der Waals surface area (Å²) in [6.45, 7) is 4.75. The minimum absolute atomic E-state index is 0.136. The zero-order valence-corrected chi connectivity index (χ0v) is 35.5. The van der Waals surface area contributed by atoms with Crippen LogP contribution in [-0.4, -0.2) is 108 Å². The third kappa shape index (κ3) is 12.3. The quantitative estimate of drug-likeness (QED) is 0.0529. The number of carbonyl (C=O) groups excluding carboxylic acids is 4. The molecule has 3 atom stereocenters. The number of hydrogen-bond acceptors (Lipinski definition) is 11. The van der Waals surface area contributed by atoms with Gasteiger partial charge in [0.2, 0.25) is 17.7 Å². The third-order valence-corrected chi connectivity index (χ3v) is 12.1. The van der Waals surface area contributed by atoms with Gasteiger partial charge in [-0.2, -0.15) is 0 Å². The van der Waals surface area contributed by atoms with Crippen LogP contribution in [0.5, 0.6) is 0 Å². The Bertz CT molecular complexity index is 2030. The fraction of sp³-hybridized carbons (Fsp3) is 0.410. The third-order valence-electron chi connectivity index (χ3n) is 10.2. The molecule has 1 aliphatic rings. The molecule has 2 aromatic carbocycles. The Hall–Kier alpha value is -3.97. The highest BCUT2D eigenvalue weighted by Crippen LogP contribution is 2.35. The molecular weight excluding hydrogens is 821 g/mol. The maximum atomic E-state index is 14.7. The smallest absolute Gasteiger partial charge is 0.413 e. The molecule has 4 aromatic rings. The number of hydrogen-bond donors (Lipinski definition) is 7. The van der Waals surface area contributed by atoms with E-state index in [0.29, 0.717) is 57.9 Å². The van der Waals surface area contributed by atoms with Crippen LogP contribution < -0.4 is 26.4 Å². The number of nitrogens with zero attached hydrogens (tertiary/aromatic N) is 3. The number of pyridine rings is 1. The Labute approximate surface area is 354 Å². The molecule has 0 fully saturated rings. The molecule has 3 amide bonds. The summed E-state index contributed by atoms with van der Waals surface area (Å²) in [7, 11) is 1.39. The number of unbranched alkanes of at least 4 members (excludes halogenated alkanes) is 1. The summed E-state index contributed by atoms with van der Waals surface area (Å²) in [6, 6.07) is 14.5. The molecule has 14 nitrogen and oxygen atoms in total. The van der Waals surface area contributed by atoms with E-state index in [0.717, 1.165) is 42.0 Å². The molecule has 1 radical (unpaired) electrons. The zero-order chi connectivity index (χ0) is 41.6. The summed E-state index contributed by atoms with van der Waals surface area (Å²) in [6.07, 6.45) is 6.77. The molecular formula is C39H51B3BrN8O6S. The van der Waals surface area contributed by atoms with Crippen molar-refractivity contribution in [3.05, 3.63) is 88.2 Å². The van der Waals surface area contributed by atoms with Gasteiger partial charge in [0.15, 0.2) is 0 Å². The first-order chi connectivity index (χ1) is 28.0. The largest absolute Gasteiger partial charge is 0.437 e. The van der Waals surface area contributed by atoms with Crippen molar-refractivity contribution in [3.63, 3.8) is 0 Å². The number of benzene rings is 2. The second-order valence-corrected chi connectivity index (χ2v) is 16.3. The maximum absolute atomic E-state index is 14.7.